The zero-order valence-electron chi connectivity index (χ0n) is 12.1. The van der Waals surface area contributed by atoms with Crippen LogP contribution in [0.15, 0.2) is 0 Å². The standard InChI is InChI=1S/C14H31NO2/c1-5-9-10-11-12-13(15-6-2)14(16-7-3)17-8-4/h13-15H,5-12H2,1-4H3. The van der Waals surface area contributed by atoms with Gasteiger partial charge in [0.1, 0.15) is 0 Å². The van der Waals surface area contributed by atoms with Gasteiger partial charge < -0.3 is 14.8 Å². The molecule has 1 atom stereocenters. The molecule has 17 heavy (non-hydrogen) atoms. The largest absolute Gasteiger partial charge is 0.351 e. The van der Waals surface area contributed by atoms with Crippen LogP contribution >= 0.6 is 0 Å². The van der Waals surface area contributed by atoms with E-state index < -0.39 is 0 Å². The fourth-order valence-corrected chi connectivity index (χ4v) is 2.00. The SMILES string of the molecule is CCCCCCC(NCC)C(OCC)OCC. The Morgan fingerprint density at radius 1 is 0.882 bits per heavy atom. The molecule has 3 heteroatoms. The van der Waals surface area contributed by atoms with Gasteiger partial charge in [0.25, 0.3) is 0 Å². The summed E-state index contributed by atoms with van der Waals surface area (Å²) in [7, 11) is 0. The van der Waals surface area contributed by atoms with Crippen LogP contribution in [0.1, 0.15) is 59.8 Å². The van der Waals surface area contributed by atoms with Gasteiger partial charge >= 0.3 is 0 Å². The normalized spacial score (nSPS) is 13.2. The first-order valence-electron chi connectivity index (χ1n) is 7.26. The van der Waals surface area contributed by atoms with E-state index in [9.17, 15) is 0 Å². The van der Waals surface area contributed by atoms with E-state index in [-0.39, 0.29) is 6.29 Å². The second-order valence-corrected chi connectivity index (χ2v) is 4.29. The van der Waals surface area contributed by atoms with Crippen molar-refractivity contribution in [2.24, 2.45) is 0 Å². The molecule has 0 saturated carbocycles. The highest BCUT2D eigenvalue weighted by atomic mass is 16.7. The number of likely N-dealkylation sites (N-methyl/N-ethyl adjacent to an activating group) is 1. The van der Waals surface area contributed by atoms with E-state index >= 15 is 0 Å². The third kappa shape index (κ3) is 8.58. The van der Waals surface area contributed by atoms with E-state index in [1.54, 1.807) is 0 Å². The smallest absolute Gasteiger partial charge is 0.172 e. The van der Waals surface area contributed by atoms with Crippen molar-refractivity contribution in [3.63, 3.8) is 0 Å². The molecule has 104 valence electrons. The van der Waals surface area contributed by atoms with Gasteiger partial charge in [-0.3, -0.25) is 0 Å². The molecule has 0 aromatic rings. The van der Waals surface area contributed by atoms with Gasteiger partial charge in [-0.1, -0.05) is 39.5 Å². The molecule has 3 nitrogen and oxygen atoms in total. The van der Waals surface area contributed by atoms with Crippen LogP contribution in [0, 0.1) is 0 Å². The topological polar surface area (TPSA) is 30.5 Å². The number of hydrogen-bond donors (Lipinski definition) is 1. The van der Waals surface area contributed by atoms with Crippen molar-refractivity contribution in [1.82, 2.24) is 5.32 Å². The lowest BCUT2D eigenvalue weighted by Crippen LogP contribution is -2.43. The molecule has 0 spiro atoms. The van der Waals surface area contributed by atoms with Crippen LogP contribution in [0.25, 0.3) is 0 Å². The van der Waals surface area contributed by atoms with Crippen LogP contribution in [-0.4, -0.2) is 32.1 Å². The first-order chi connectivity index (χ1) is 8.29. The molecule has 0 rings (SSSR count). The van der Waals surface area contributed by atoms with Crippen molar-refractivity contribution >= 4 is 0 Å². The Balaban J connectivity index is 4.04. The van der Waals surface area contributed by atoms with Crippen LogP contribution in [0.3, 0.4) is 0 Å². The Morgan fingerprint density at radius 2 is 1.53 bits per heavy atom. The minimum absolute atomic E-state index is 0.0911. The van der Waals surface area contributed by atoms with Gasteiger partial charge in [0.15, 0.2) is 6.29 Å². The molecular weight excluding hydrogens is 214 g/mol. The van der Waals surface area contributed by atoms with Crippen molar-refractivity contribution in [2.45, 2.75) is 72.1 Å². The maximum Gasteiger partial charge on any atom is 0.172 e. The van der Waals surface area contributed by atoms with Gasteiger partial charge in [-0.05, 0) is 26.8 Å². The molecule has 1 unspecified atom stereocenters. The van der Waals surface area contributed by atoms with E-state index in [1.165, 1.54) is 25.7 Å². The summed E-state index contributed by atoms with van der Waals surface area (Å²) in [6.07, 6.45) is 6.22. The highest BCUT2D eigenvalue weighted by Crippen LogP contribution is 2.12. The number of unbranched alkanes of at least 4 members (excludes halogenated alkanes) is 3. The molecule has 1 N–H and O–H groups in total. The lowest BCUT2D eigenvalue weighted by atomic mass is 10.1. The molecule has 0 aliphatic rings. The summed E-state index contributed by atoms with van der Waals surface area (Å²) < 4.78 is 11.3. The molecule has 0 bridgehead atoms. The molecule has 0 aliphatic heterocycles. The third-order valence-electron chi connectivity index (χ3n) is 2.83. The molecule has 0 aromatic heterocycles. The van der Waals surface area contributed by atoms with Gasteiger partial charge in [-0.2, -0.15) is 0 Å². The van der Waals surface area contributed by atoms with Crippen LogP contribution in [0.4, 0.5) is 0 Å². The van der Waals surface area contributed by atoms with Crippen molar-refractivity contribution in [2.75, 3.05) is 19.8 Å². The van der Waals surface area contributed by atoms with Crippen molar-refractivity contribution in [3.8, 4) is 0 Å². The summed E-state index contributed by atoms with van der Waals surface area (Å²) in [5, 5.41) is 3.48. The highest BCUT2D eigenvalue weighted by Gasteiger charge is 2.20. The average Bonchev–Trinajstić information content (AvgIpc) is 2.33. The van der Waals surface area contributed by atoms with E-state index in [4.69, 9.17) is 9.47 Å². The second-order valence-electron chi connectivity index (χ2n) is 4.29. The van der Waals surface area contributed by atoms with E-state index in [0.717, 1.165) is 13.0 Å². The van der Waals surface area contributed by atoms with Crippen molar-refractivity contribution < 1.29 is 9.47 Å². The molecule has 0 aromatic carbocycles. The quantitative estimate of drug-likeness (QED) is 0.422. The Bertz CT molecular complexity index is 147. The van der Waals surface area contributed by atoms with E-state index in [0.29, 0.717) is 19.3 Å². The number of nitrogens with one attached hydrogen (secondary N) is 1. The zero-order chi connectivity index (χ0) is 12.9. The second kappa shape index (κ2) is 12.3. The fraction of sp³-hybridized carbons (Fsp3) is 1.00. The summed E-state index contributed by atoms with van der Waals surface area (Å²) in [5.41, 5.74) is 0. The predicted molar refractivity (Wildman–Crippen MR) is 73.3 cm³/mol. The van der Waals surface area contributed by atoms with Crippen molar-refractivity contribution in [1.29, 1.82) is 0 Å². The van der Waals surface area contributed by atoms with Gasteiger partial charge in [0, 0.05) is 13.2 Å². The van der Waals surface area contributed by atoms with E-state index in [2.05, 4.69) is 19.2 Å². The van der Waals surface area contributed by atoms with Gasteiger partial charge in [-0.15, -0.1) is 0 Å². The Kier molecular flexibility index (Phi) is 12.3. The molecule has 0 saturated heterocycles. The lowest BCUT2D eigenvalue weighted by molar-refractivity contribution is -0.155. The Morgan fingerprint density at radius 3 is 2.00 bits per heavy atom. The van der Waals surface area contributed by atoms with Crippen LogP contribution in [0.2, 0.25) is 0 Å². The summed E-state index contributed by atoms with van der Waals surface area (Å²) in [6.45, 7) is 10.8. The van der Waals surface area contributed by atoms with Crippen molar-refractivity contribution in [3.05, 3.63) is 0 Å². The maximum absolute atomic E-state index is 5.67. The average molecular weight is 245 g/mol. The number of hydrogen-bond acceptors (Lipinski definition) is 3. The summed E-state index contributed by atoms with van der Waals surface area (Å²) >= 11 is 0. The third-order valence-corrected chi connectivity index (χ3v) is 2.83. The molecule has 0 aliphatic carbocycles. The van der Waals surface area contributed by atoms with Gasteiger partial charge in [0.2, 0.25) is 0 Å². The minimum atomic E-state index is -0.0911. The fourth-order valence-electron chi connectivity index (χ4n) is 2.00. The molecule has 0 amide bonds. The lowest BCUT2D eigenvalue weighted by Gasteiger charge is -2.27. The van der Waals surface area contributed by atoms with Gasteiger partial charge in [-0.25, -0.2) is 0 Å². The number of ether oxygens (including phenoxy) is 2. The Labute approximate surface area is 107 Å². The van der Waals surface area contributed by atoms with Crippen LogP contribution in [-0.2, 0) is 9.47 Å². The summed E-state index contributed by atoms with van der Waals surface area (Å²) in [5.74, 6) is 0. The van der Waals surface area contributed by atoms with Crippen LogP contribution < -0.4 is 5.32 Å². The molecular formula is C14H31NO2. The van der Waals surface area contributed by atoms with E-state index in [1.807, 2.05) is 13.8 Å². The number of rotatable bonds is 12. The first-order valence-corrected chi connectivity index (χ1v) is 7.26. The monoisotopic (exact) mass is 245 g/mol. The minimum Gasteiger partial charge on any atom is -0.351 e. The highest BCUT2D eigenvalue weighted by molar-refractivity contribution is 4.70. The first kappa shape index (κ1) is 16.9. The summed E-state index contributed by atoms with van der Waals surface area (Å²) in [4.78, 5) is 0. The van der Waals surface area contributed by atoms with Gasteiger partial charge in [0.05, 0.1) is 6.04 Å². The molecule has 0 radical (unpaired) electrons. The Hall–Kier alpha value is -0.120. The molecule has 0 heterocycles. The molecule has 0 fully saturated rings. The van der Waals surface area contributed by atoms with Crippen LogP contribution in [0.5, 0.6) is 0 Å². The maximum atomic E-state index is 5.67. The zero-order valence-corrected chi connectivity index (χ0v) is 12.1. The summed E-state index contributed by atoms with van der Waals surface area (Å²) in [6, 6.07) is 0.330. The predicted octanol–water partition coefficient (Wildman–Crippen LogP) is 3.33.